The van der Waals surface area contributed by atoms with E-state index in [1.165, 1.54) is 0 Å². The highest BCUT2D eigenvalue weighted by molar-refractivity contribution is 5.25. The summed E-state index contributed by atoms with van der Waals surface area (Å²) in [4.78, 5) is 2.26. The van der Waals surface area contributed by atoms with Gasteiger partial charge in [-0.2, -0.15) is 0 Å². The van der Waals surface area contributed by atoms with Gasteiger partial charge in [0.05, 0.1) is 6.61 Å². The quantitative estimate of drug-likeness (QED) is 0.884. The van der Waals surface area contributed by atoms with Gasteiger partial charge in [0.25, 0.3) is 0 Å². The molecule has 1 N–H and O–H groups in total. The standard InChI is InChI=1S/C14H21FN2O/c1-16-10-12-3-4-14(15)13(9-12)11-17-5-2-7-18-8-6-17/h3-4,9,16H,2,5-8,10-11H2,1H3. The minimum absolute atomic E-state index is 0.111. The fraction of sp³-hybridized carbons (Fsp3) is 0.571. The van der Waals surface area contributed by atoms with Crippen LogP contribution in [0.25, 0.3) is 0 Å². The van der Waals surface area contributed by atoms with E-state index in [-0.39, 0.29) is 5.82 Å². The highest BCUT2D eigenvalue weighted by atomic mass is 19.1. The molecule has 1 heterocycles. The molecule has 1 aliphatic rings. The number of benzene rings is 1. The Morgan fingerprint density at radius 1 is 1.33 bits per heavy atom. The number of hydrogen-bond acceptors (Lipinski definition) is 3. The summed E-state index contributed by atoms with van der Waals surface area (Å²) in [7, 11) is 1.90. The first kappa shape index (κ1) is 13.5. The summed E-state index contributed by atoms with van der Waals surface area (Å²) in [5, 5.41) is 3.09. The summed E-state index contributed by atoms with van der Waals surface area (Å²) in [5.41, 5.74) is 1.91. The SMILES string of the molecule is CNCc1ccc(F)c(CN2CCCOCC2)c1. The monoisotopic (exact) mass is 252 g/mol. The van der Waals surface area contributed by atoms with E-state index in [0.29, 0.717) is 6.54 Å². The van der Waals surface area contributed by atoms with Crippen LogP contribution in [-0.2, 0) is 17.8 Å². The minimum Gasteiger partial charge on any atom is -0.380 e. The molecule has 0 aromatic heterocycles. The predicted octanol–water partition coefficient (Wildman–Crippen LogP) is 1.77. The van der Waals surface area contributed by atoms with Crippen LogP contribution in [0.3, 0.4) is 0 Å². The molecule has 1 aromatic carbocycles. The summed E-state index contributed by atoms with van der Waals surface area (Å²) in [5.74, 6) is -0.111. The van der Waals surface area contributed by atoms with Gasteiger partial charge >= 0.3 is 0 Å². The van der Waals surface area contributed by atoms with Gasteiger partial charge in [-0.3, -0.25) is 4.90 Å². The molecule has 0 radical (unpaired) electrons. The van der Waals surface area contributed by atoms with Gasteiger partial charge in [-0.15, -0.1) is 0 Å². The Hall–Kier alpha value is -0.970. The van der Waals surface area contributed by atoms with Gasteiger partial charge in [0.1, 0.15) is 5.82 Å². The smallest absolute Gasteiger partial charge is 0.127 e. The fourth-order valence-corrected chi connectivity index (χ4v) is 2.26. The second kappa shape index (κ2) is 6.83. The Kier molecular flexibility index (Phi) is 5.11. The normalized spacial score (nSPS) is 17.7. The molecule has 0 spiro atoms. The Bertz CT molecular complexity index is 376. The third-order valence-corrected chi connectivity index (χ3v) is 3.20. The molecule has 1 fully saturated rings. The molecule has 100 valence electrons. The lowest BCUT2D eigenvalue weighted by molar-refractivity contribution is 0.140. The van der Waals surface area contributed by atoms with Crippen molar-refractivity contribution >= 4 is 0 Å². The molecule has 0 amide bonds. The maximum absolute atomic E-state index is 13.8. The van der Waals surface area contributed by atoms with Crippen LogP contribution >= 0.6 is 0 Å². The zero-order valence-electron chi connectivity index (χ0n) is 10.9. The molecule has 0 bridgehead atoms. The maximum Gasteiger partial charge on any atom is 0.127 e. The summed E-state index contributed by atoms with van der Waals surface area (Å²) < 4.78 is 19.2. The van der Waals surface area contributed by atoms with E-state index in [0.717, 1.165) is 50.4 Å². The van der Waals surface area contributed by atoms with E-state index in [4.69, 9.17) is 4.74 Å². The van der Waals surface area contributed by atoms with Crippen LogP contribution in [0, 0.1) is 5.82 Å². The minimum atomic E-state index is -0.111. The third kappa shape index (κ3) is 3.77. The van der Waals surface area contributed by atoms with Crippen molar-refractivity contribution in [2.24, 2.45) is 0 Å². The Morgan fingerprint density at radius 2 is 2.22 bits per heavy atom. The lowest BCUT2D eigenvalue weighted by Gasteiger charge is -2.19. The van der Waals surface area contributed by atoms with E-state index in [2.05, 4.69) is 10.2 Å². The first-order chi connectivity index (χ1) is 8.79. The second-order valence-electron chi connectivity index (χ2n) is 4.70. The van der Waals surface area contributed by atoms with Crippen molar-refractivity contribution in [3.05, 3.63) is 35.1 Å². The number of hydrogen-bond donors (Lipinski definition) is 1. The molecule has 0 aliphatic carbocycles. The van der Waals surface area contributed by atoms with E-state index in [1.54, 1.807) is 6.07 Å². The van der Waals surface area contributed by atoms with Gasteiger partial charge in [0.2, 0.25) is 0 Å². The molecule has 0 atom stereocenters. The van der Waals surface area contributed by atoms with Crippen LogP contribution in [0.2, 0.25) is 0 Å². The van der Waals surface area contributed by atoms with Gasteiger partial charge in [0, 0.05) is 38.3 Å². The van der Waals surface area contributed by atoms with Crippen LogP contribution in [0.5, 0.6) is 0 Å². The molecule has 1 saturated heterocycles. The van der Waals surface area contributed by atoms with E-state index in [1.807, 2.05) is 19.2 Å². The van der Waals surface area contributed by atoms with Crippen molar-refractivity contribution in [3.63, 3.8) is 0 Å². The first-order valence-electron chi connectivity index (χ1n) is 6.51. The first-order valence-corrected chi connectivity index (χ1v) is 6.51. The van der Waals surface area contributed by atoms with Crippen molar-refractivity contribution < 1.29 is 9.13 Å². The summed E-state index contributed by atoms with van der Waals surface area (Å²) in [6, 6.07) is 5.36. The van der Waals surface area contributed by atoms with E-state index in [9.17, 15) is 4.39 Å². The number of nitrogens with zero attached hydrogens (tertiary/aromatic N) is 1. The summed E-state index contributed by atoms with van der Waals surface area (Å²) in [6.45, 7) is 4.88. The molecular formula is C14H21FN2O. The third-order valence-electron chi connectivity index (χ3n) is 3.20. The van der Waals surface area contributed by atoms with Crippen molar-refractivity contribution in [3.8, 4) is 0 Å². The Labute approximate surface area is 108 Å². The number of rotatable bonds is 4. The van der Waals surface area contributed by atoms with Gasteiger partial charge in [-0.1, -0.05) is 12.1 Å². The van der Waals surface area contributed by atoms with Crippen LogP contribution in [0.1, 0.15) is 17.5 Å². The molecule has 0 saturated carbocycles. The van der Waals surface area contributed by atoms with Crippen molar-refractivity contribution in [1.82, 2.24) is 10.2 Å². The van der Waals surface area contributed by atoms with Crippen molar-refractivity contribution in [2.45, 2.75) is 19.5 Å². The summed E-state index contributed by atoms with van der Waals surface area (Å²) in [6.07, 6.45) is 1.03. The van der Waals surface area contributed by atoms with Crippen LogP contribution in [-0.4, -0.2) is 38.3 Å². The van der Waals surface area contributed by atoms with E-state index < -0.39 is 0 Å². The molecule has 2 rings (SSSR count). The second-order valence-corrected chi connectivity index (χ2v) is 4.70. The lowest BCUT2D eigenvalue weighted by Crippen LogP contribution is -2.26. The van der Waals surface area contributed by atoms with Crippen LogP contribution in [0.4, 0.5) is 4.39 Å². The number of ether oxygens (including phenoxy) is 1. The molecule has 3 nitrogen and oxygen atoms in total. The Morgan fingerprint density at radius 3 is 3.06 bits per heavy atom. The van der Waals surface area contributed by atoms with Crippen molar-refractivity contribution in [2.75, 3.05) is 33.4 Å². The highest BCUT2D eigenvalue weighted by Crippen LogP contribution is 2.14. The highest BCUT2D eigenvalue weighted by Gasteiger charge is 2.12. The van der Waals surface area contributed by atoms with Gasteiger partial charge in [0.15, 0.2) is 0 Å². The topological polar surface area (TPSA) is 24.5 Å². The van der Waals surface area contributed by atoms with E-state index >= 15 is 0 Å². The number of nitrogens with one attached hydrogen (secondary N) is 1. The zero-order chi connectivity index (χ0) is 12.8. The average molecular weight is 252 g/mol. The maximum atomic E-state index is 13.8. The molecular weight excluding hydrogens is 231 g/mol. The van der Waals surface area contributed by atoms with Gasteiger partial charge in [-0.05, 0) is 25.1 Å². The molecule has 4 heteroatoms. The molecule has 18 heavy (non-hydrogen) atoms. The largest absolute Gasteiger partial charge is 0.380 e. The average Bonchev–Trinajstić information content (AvgIpc) is 2.62. The van der Waals surface area contributed by atoms with Gasteiger partial charge in [-0.25, -0.2) is 4.39 Å². The van der Waals surface area contributed by atoms with Crippen LogP contribution in [0.15, 0.2) is 18.2 Å². The number of halogens is 1. The fourth-order valence-electron chi connectivity index (χ4n) is 2.26. The van der Waals surface area contributed by atoms with Gasteiger partial charge < -0.3 is 10.1 Å². The molecule has 1 aliphatic heterocycles. The molecule has 0 unspecified atom stereocenters. The zero-order valence-corrected chi connectivity index (χ0v) is 10.9. The van der Waals surface area contributed by atoms with Crippen molar-refractivity contribution in [1.29, 1.82) is 0 Å². The molecule has 1 aromatic rings. The Balaban J connectivity index is 2.04. The van der Waals surface area contributed by atoms with Crippen LogP contribution < -0.4 is 5.32 Å². The lowest BCUT2D eigenvalue weighted by atomic mass is 10.1. The predicted molar refractivity (Wildman–Crippen MR) is 69.9 cm³/mol. The summed E-state index contributed by atoms with van der Waals surface area (Å²) >= 11 is 0.